The fourth-order valence-electron chi connectivity index (χ4n) is 4.55. The normalized spacial score (nSPS) is 30.1. The number of halogens is 1. The summed E-state index contributed by atoms with van der Waals surface area (Å²) in [6.45, 7) is -0.107. The molecule has 0 bridgehead atoms. The molecule has 2 heterocycles. The summed E-state index contributed by atoms with van der Waals surface area (Å²) in [7, 11) is 0. The molecule has 0 radical (unpaired) electrons. The van der Waals surface area contributed by atoms with Gasteiger partial charge in [0.25, 0.3) is 0 Å². The maximum Gasteiger partial charge on any atom is 0.168 e. The largest absolute Gasteiger partial charge is 0.395 e. The van der Waals surface area contributed by atoms with Crippen molar-refractivity contribution in [1.82, 2.24) is 0 Å². The second kappa shape index (κ2) is 8.05. The summed E-state index contributed by atoms with van der Waals surface area (Å²) in [6.07, 6.45) is -3.41. The summed E-state index contributed by atoms with van der Waals surface area (Å²) in [5.41, 5.74) is 3.55. The molecule has 0 saturated carbocycles. The van der Waals surface area contributed by atoms with Crippen molar-refractivity contribution in [2.45, 2.75) is 41.5 Å². The fraction of sp³-hybridized carbons (Fsp3) is 0.333. The van der Waals surface area contributed by atoms with Gasteiger partial charge in [0.1, 0.15) is 12.2 Å². The third kappa shape index (κ3) is 3.47. The van der Waals surface area contributed by atoms with Gasteiger partial charge in [-0.1, -0.05) is 54.1 Å². The van der Waals surface area contributed by atoms with Gasteiger partial charge in [-0.05, 0) is 46.0 Å². The highest BCUT2D eigenvalue weighted by Gasteiger charge is 2.57. The number of hydrogen-bond donors (Lipinski definition) is 4. The Labute approximate surface area is 189 Å². The van der Waals surface area contributed by atoms with Crippen molar-refractivity contribution < 1.29 is 25.2 Å². The predicted octanol–water partition coefficient (Wildman–Crippen LogP) is 2.96. The van der Waals surface area contributed by atoms with E-state index in [0.29, 0.717) is 11.4 Å². The van der Waals surface area contributed by atoms with Crippen molar-refractivity contribution in [1.29, 1.82) is 0 Å². The minimum absolute atomic E-state index is 0.232. The molecule has 1 fully saturated rings. The summed E-state index contributed by atoms with van der Waals surface area (Å²) in [5, 5.41) is 43.4. The highest BCUT2D eigenvalue weighted by molar-refractivity contribution is 8.00. The van der Waals surface area contributed by atoms with Gasteiger partial charge in [-0.2, -0.15) is 0 Å². The van der Waals surface area contributed by atoms with Gasteiger partial charge in [0.05, 0.1) is 24.6 Å². The number of aliphatic hydroxyl groups excluding tert-OH is 4. The maximum absolute atomic E-state index is 10.9. The smallest absolute Gasteiger partial charge is 0.168 e. The van der Waals surface area contributed by atoms with Crippen LogP contribution in [0.5, 0.6) is 0 Å². The highest BCUT2D eigenvalue weighted by Crippen LogP contribution is 2.54. The van der Waals surface area contributed by atoms with E-state index in [1.54, 1.807) is 0 Å². The van der Waals surface area contributed by atoms with E-state index < -0.39 is 28.5 Å². The average molecular weight is 459 g/mol. The van der Waals surface area contributed by atoms with Crippen LogP contribution in [-0.4, -0.2) is 50.6 Å². The SMILES string of the molecule is OC[C@H]1S[C@]2(OCc3cc(Cl)c(Cc4ccc5ccccc5c4)cc32)[C@H](O)[C@@H](O)[C@@H]1O. The Morgan fingerprint density at radius 2 is 1.77 bits per heavy atom. The first-order valence-electron chi connectivity index (χ1n) is 10.2. The lowest BCUT2D eigenvalue weighted by Crippen LogP contribution is -2.58. The first-order valence-corrected chi connectivity index (χ1v) is 11.4. The molecule has 5 nitrogen and oxygen atoms in total. The van der Waals surface area contributed by atoms with Gasteiger partial charge in [-0.25, -0.2) is 0 Å². The van der Waals surface area contributed by atoms with Gasteiger partial charge >= 0.3 is 0 Å². The molecule has 5 atom stereocenters. The second-order valence-corrected chi connectivity index (χ2v) is 10.0. The molecule has 3 aromatic rings. The van der Waals surface area contributed by atoms with Crippen LogP contribution in [0.25, 0.3) is 10.8 Å². The van der Waals surface area contributed by atoms with Crippen LogP contribution in [0.1, 0.15) is 22.3 Å². The van der Waals surface area contributed by atoms with E-state index in [1.807, 2.05) is 24.3 Å². The Kier molecular flexibility index (Phi) is 5.51. The lowest BCUT2D eigenvalue weighted by molar-refractivity contribution is -0.147. The van der Waals surface area contributed by atoms with E-state index in [-0.39, 0.29) is 13.2 Å². The highest BCUT2D eigenvalue weighted by atomic mass is 35.5. The molecule has 0 amide bonds. The van der Waals surface area contributed by atoms with Gasteiger partial charge < -0.3 is 25.2 Å². The second-order valence-electron chi connectivity index (χ2n) is 8.18. The zero-order valence-corrected chi connectivity index (χ0v) is 18.2. The van der Waals surface area contributed by atoms with E-state index in [2.05, 4.69) is 30.3 Å². The van der Waals surface area contributed by atoms with E-state index in [9.17, 15) is 20.4 Å². The zero-order valence-electron chi connectivity index (χ0n) is 16.6. The van der Waals surface area contributed by atoms with Crippen molar-refractivity contribution in [3.05, 3.63) is 81.9 Å². The van der Waals surface area contributed by atoms with Gasteiger partial charge in [0, 0.05) is 10.6 Å². The summed E-state index contributed by atoms with van der Waals surface area (Å²) in [4.78, 5) is -1.26. The number of aliphatic hydroxyl groups is 4. The van der Waals surface area contributed by atoms with Crippen LogP contribution in [-0.2, 0) is 22.7 Å². The molecule has 2 aliphatic heterocycles. The molecule has 162 valence electrons. The van der Waals surface area contributed by atoms with Crippen LogP contribution in [0.4, 0.5) is 0 Å². The molecule has 1 spiro atoms. The number of ether oxygens (including phenoxy) is 1. The Morgan fingerprint density at radius 1 is 1.00 bits per heavy atom. The zero-order chi connectivity index (χ0) is 21.8. The Hall–Kier alpha value is -1.64. The minimum atomic E-state index is -1.43. The first-order chi connectivity index (χ1) is 14.9. The molecule has 2 aliphatic rings. The van der Waals surface area contributed by atoms with Crippen molar-refractivity contribution >= 4 is 34.1 Å². The van der Waals surface area contributed by atoms with Crippen molar-refractivity contribution in [3.63, 3.8) is 0 Å². The molecule has 1 saturated heterocycles. The molecule has 0 aliphatic carbocycles. The molecule has 0 unspecified atom stereocenters. The third-order valence-electron chi connectivity index (χ3n) is 6.25. The van der Waals surface area contributed by atoms with Gasteiger partial charge in [-0.15, -0.1) is 11.8 Å². The molecule has 0 aromatic heterocycles. The topological polar surface area (TPSA) is 90.2 Å². The standard InChI is InChI=1S/C24H23ClO5S/c25-19-10-17-12-30-24(23(29)22(28)21(27)20(11-26)31-24)18(17)9-16(19)8-13-5-6-14-3-1-2-4-15(14)7-13/h1-7,9-10,20-23,26-29H,8,11-12H2/t20-,21-,22+,23-,24+/m1/s1. The average Bonchev–Trinajstić information content (AvgIpc) is 3.13. The molecule has 4 N–H and O–H groups in total. The monoisotopic (exact) mass is 458 g/mol. The van der Waals surface area contributed by atoms with Crippen LogP contribution >= 0.6 is 23.4 Å². The first kappa shape index (κ1) is 21.2. The quantitative estimate of drug-likeness (QED) is 0.482. The van der Waals surface area contributed by atoms with Crippen LogP contribution in [0, 0.1) is 0 Å². The number of fused-ring (bicyclic) bond motifs is 3. The Bertz CT molecular complexity index is 1140. The van der Waals surface area contributed by atoms with Gasteiger partial charge in [-0.3, -0.25) is 0 Å². The molecule has 3 aromatic carbocycles. The van der Waals surface area contributed by atoms with Crippen molar-refractivity contribution in [2.75, 3.05) is 6.61 Å². The van der Waals surface area contributed by atoms with Crippen LogP contribution in [0.15, 0.2) is 54.6 Å². The number of benzene rings is 3. The fourth-order valence-corrected chi connectivity index (χ4v) is 6.35. The Balaban J connectivity index is 1.54. The lowest BCUT2D eigenvalue weighted by atomic mass is 9.91. The molecule has 31 heavy (non-hydrogen) atoms. The minimum Gasteiger partial charge on any atom is -0.395 e. The summed E-state index contributed by atoms with van der Waals surface area (Å²) >= 11 is 7.74. The lowest BCUT2D eigenvalue weighted by Gasteiger charge is -2.45. The Morgan fingerprint density at radius 3 is 2.55 bits per heavy atom. The van der Waals surface area contributed by atoms with Crippen molar-refractivity contribution in [2.24, 2.45) is 0 Å². The number of rotatable bonds is 3. The number of hydrogen-bond acceptors (Lipinski definition) is 6. The summed E-state index contributed by atoms with van der Waals surface area (Å²) in [6, 6.07) is 18.2. The molecule has 7 heteroatoms. The molecule has 5 rings (SSSR count). The summed E-state index contributed by atoms with van der Waals surface area (Å²) in [5.74, 6) is 0. The summed E-state index contributed by atoms with van der Waals surface area (Å²) < 4.78 is 6.00. The van der Waals surface area contributed by atoms with E-state index >= 15 is 0 Å². The van der Waals surface area contributed by atoms with E-state index in [0.717, 1.165) is 39.4 Å². The predicted molar refractivity (Wildman–Crippen MR) is 121 cm³/mol. The maximum atomic E-state index is 10.9. The van der Waals surface area contributed by atoms with Crippen molar-refractivity contribution in [3.8, 4) is 0 Å². The van der Waals surface area contributed by atoms with Gasteiger partial charge in [0.15, 0.2) is 4.93 Å². The van der Waals surface area contributed by atoms with Crippen LogP contribution in [0.2, 0.25) is 5.02 Å². The van der Waals surface area contributed by atoms with E-state index in [4.69, 9.17) is 16.3 Å². The van der Waals surface area contributed by atoms with Gasteiger partial charge in [0.2, 0.25) is 0 Å². The molecular formula is C24H23ClO5S. The van der Waals surface area contributed by atoms with Crippen LogP contribution < -0.4 is 0 Å². The third-order valence-corrected chi connectivity index (χ3v) is 8.26. The number of thioether (sulfide) groups is 1. The molecular weight excluding hydrogens is 436 g/mol. The van der Waals surface area contributed by atoms with E-state index in [1.165, 1.54) is 5.39 Å². The van der Waals surface area contributed by atoms with Crippen LogP contribution in [0.3, 0.4) is 0 Å².